The number of benzene rings is 1. The minimum atomic E-state index is -0.729. The predicted molar refractivity (Wildman–Crippen MR) is 146 cm³/mol. The number of ketones is 2. The molecule has 3 rings (SSSR count). The molecule has 2 heterocycles. The molecule has 1 aromatic heterocycles. The maximum absolute atomic E-state index is 13.7. The summed E-state index contributed by atoms with van der Waals surface area (Å²) in [5.41, 5.74) is 3.07. The number of rotatable bonds is 9. The largest absolute Gasteiger partial charge is 0.391 e. The molecule has 1 aromatic carbocycles. The molecule has 1 fully saturated rings. The van der Waals surface area contributed by atoms with Gasteiger partial charge in [-0.25, -0.2) is 0 Å². The number of hydrogen-bond acceptors (Lipinski definition) is 5. The molecular weight excluding hydrogens is 470 g/mol. The fourth-order valence-electron chi connectivity index (χ4n) is 4.95. The number of Topliss-reactive ketones (excluding diaryl/α,β-unsaturated/α-hetero) is 2. The van der Waals surface area contributed by atoms with Gasteiger partial charge in [0, 0.05) is 42.5 Å². The Balaban J connectivity index is 1.73. The van der Waals surface area contributed by atoms with Crippen LogP contribution in [0, 0.1) is 24.2 Å². The Kier molecular flexibility index (Phi) is 8.94. The molecule has 0 saturated carbocycles. The lowest BCUT2D eigenvalue weighted by molar-refractivity contribution is -0.146. The van der Waals surface area contributed by atoms with Crippen LogP contribution < -0.4 is 0 Å². The quantitative estimate of drug-likeness (QED) is 0.446. The van der Waals surface area contributed by atoms with Crippen LogP contribution in [0.4, 0.5) is 0 Å². The summed E-state index contributed by atoms with van der Waals surface area (Å²) in [6.07, 6.45) is -0.0279. The topological polar surface area (TPSA) is 74.7 Å². The van der Waals surface area contributed by atoms with Crippen LogP contribution in [0.15, 0.2) is 35.7 Å². The van der Waals surface area contributed by atoms with E-state index in [1.165, 1.54) is 16.0 Å². The Bertz CT molecular complexity index is 1080. The summed E-state index contributed by atoms with van der Waals surface area (Å²) in [5, 5.41) is 12.5. The molecule has 1 N–H and O–H groups in total. The zero-order valence-electron chi connectivity index (χ0n) is 22.7. The van der Waals surface area contributed by atoms with Crippen LogP contribution in [0.5, 0.6) is 0 Å². The average molecular weight is 512 g/mol. The van der Waals surface area contributed by atoms with E-state index in [2.05, 4.69) is 42.6 Å². The van der Waals surface area contributed by atoms with Gasteiger partial charge in [0.1, 0.15) is 5.78 Å². The first-order valence-electron chi connectivity index (χ1n) is 13.0. The normalized spacial score (nSPS) is 20.0. The number of aliphatic hydroxyl groups is 1. The van der Waals surface area contributed by atoms with Crippen LogP contribution in [0.25, 0.3) is 10.4 Å². The van der Waals surface area contributed by atoms with Gasteiger partial charge in [0.2, 0.25) is 5.91 Å². The summed E-state index contributed by atoms with van der Waals surface area (Å²) >= 11 is 1.72. The Morgan fingerprint density at radius 2 is 1.69 bits per heavy atom. The van der Waals surface area contributed by atoms with Gasteiger partial charge in [-0.3, -0.25) is 14.4 Å². The molecule has 5 nitrogen and oxygen atoms in total. The van der Waals surface area contributed by atoms with Crippen molar-refractivity contribution in [3.8, 4) is 10.4 Å². The van der Waals surface area contributed by atoms with Gasteiger partial charge in [-0.1, -0.05) is 65.8 Å². The van der Waals surface area contributed by atoms with E-state index in [1.54, 1.807) is 16.2 Å². The molecule has 0 spiro atoms. The number of thiophene rings is 1. The second-order valence-electron chi connectivity index (χ2n) is 11.8. The number of aryl methyl sites for hydroxylation is 1. The molecule has 0 unspecified atom stereocenters. The zero-order chi connectivity index (χ0) is 26.8. The maximum atomic E-state index is 13.7. The summed E-state index contributed by atoms with van der Waals surface area (Å²) in [5.74, 6) is -0.880. The number of amides is 1. The molecule has 0 radical (unpaired) electrons. The predicted octanol–water partition coefficient (Wildman–Crippen LogP) is 6.03. The van der Waals surface area contributed by atoms with Gasteiger partial charge in [0.05, 0.1) is 12.1 Å². The Morgan fingerprint density at radius 1 is 1.06 bits per heavy atom. The van der Waals surface area contributed by atoms with Crippen molar-refractivity contribution in [3.05, 3.63) is 46.8 Å². The highest BCUT2D eigenvalue weighted by atomic mass is 32.1. The van der Waals surface area contributed by atoms with Crippen molar-refractivity contribution < 1.29 is 19.5 Å². The van der Waals surface area contributed by atoms with Crippen molar-refractivity contribution >= 4 is 28.8 Å². The lowest BCUT2D eigenvalue weighted by Crippen LogP contribution is -2.47. The third kappa shape index (κ3) is 6.51. The molecule has 0 aliphatic carbocycles. The first-order valence-corrected chi connectivity index (χ1v) is 13.9. The van der Waals surface area contributed by atoms with E-state index in [1.807, 2.05) is 41.5 Å². The van der Waals surface area contributed by atoms with Crippen LogP contribution in [-0.2, 0) is 14.4 Å². The van der Waals surface area contributed by atoms with Crippen LogP contribution in [-0.4, -0.2) is 46.2 Å². The van der Waals surface area contributed by atoms with Crippen molar-refractivity contribution in [2.24, 2.45) is 17.3 Å². The van der Waals surface area contributed by atoms with Gasteiger partial charge in [0.15, 0.2) is 5.78 Å². The Hall–Kier alpha value is -2.31. The van der Waals surface area contributed by atoms with Crippen LogP contribution >= 0.6 is 11.3 Å². The zero-order valence-corrected chi connectivity index (χ0v) is 23.5. The Morgan fingerprint density at radius 3 is 2.22 bits per heavy atom. The fraction of sp³-hybridized carbons (Fsp3) is 0.567. The van der Waals surface area contributed by atoms with E-state index in [4.69, 9.17) is 0 Å². The van der Waals surface area contributed by atoms with E-state index >= 15 is 0 Å². The van der Waals surface area contributed by atoms with Crippen molar-refractivity contribution in [2.45, 2.75) is 85.8 Å². The number of hydrogen-bond donors (Lipinski definition) is 1. The monoisotopic (exact) mass is 511 g/mol. The second kappa shape index (κ2) is 11.4. The van der Waals surface area contributed by atoms with Crippen molar-refractivity contribution in [3.63, 3.8) is 0 Å². The minimum absolute atomic E-state index is 0.00777. The maximum Gasteiger partial charge on any atom is 0.227 e. The fourth-order valence-corrected chi connectivity index (χ4v) is 5.89. The Labute approximate surface area is 219 Å². The summed E-state index contributed by atoms with van der Waals surface area (Å²) in [7, 11) is 0. The highest BCUT2D eigenvalue weighted by Crippen LogP contribution is 2.35. The van der Waals surface area contributed by atoms with Gasteiger partial charge < -0.3 is 10.0 Å². The number of likely N-dealkylation sites (tertiary alicyclic amines) is 1. The number of aliphatic hydroxyl groups excluding tert-OH is 1. The summed E-state index contributed by atoms with van der Waals surface area (Å²) in [6, 6.07) is 9.81. The highest BCUT2D eigenvalue weighted by Gasteiger charge is 2.44. The molecule has 4 atom stereocenters. The molecular formula is C30H41NO4S. The standard InChI is InChI=1S/C30H41NO4S/c1-18(2)26(33)16-24(30(5,6)7)29(35)31-17-23(32)15-25(31)27(34)14-20(4)21-8-10-22(11-9-21)28-19(3)12-13-36-28/h8-13,18,20,23-25,32H,14-17H2,1-7H3/t20-,23-,24-,25+/m1/s1. The molecule has 1 aliphatic heterocycles. The second-order valence-corrected chi connectivity index (χ2v) is 12.7. The van der Waals surface area contributed by atoms with Crippen LogP contribution in [0.2, 0.25) is 0 Å². The van der Waals surface area contributed by atoms with Crippen LogP contribution in [0.1, 0.15) is 77.8 Å². The first kappa shape index (κ1) is 28.3. The minimum Gasteiger partial charge on any atom is -0.391 e. The van der Waals surface area contributed by atoms with E-state index < -0.39 is 23.5 Å². The molecule has 6 heteroatoms. The molecule has 36 heavy (non-hydrogen) atoms. The van der Waals surface area contributed by atoms with E-state index in [0.717, 1.165) is 5.56 Å². The molecule has 1 amide bonds. The van der Waals surface area contributed by atoms with Gasteiger partial charge in [-0.05, 0) is 46.4 Å². The molecule has 196 valence electrons. The summed E-state index contributed by atoms with van der Waals surface area (Å²) in [6.45, 7) is 13.8. The van der Waals surface area contributed by atoms with Gasteiger partial charge in [-0.2, -0.15) is 0 Å². The number of carbonyl (C=O) groups excluding carboxylic acids is 3. The molecule has 2 aromatic rings. The first-order chi connectivity index (χ1) is 16.8. The van der Waals surface area contributed by atoms with Crippen molar-refractivity contribution in [1.82, 2.24) is 4.90 Å². The third-order valence-electron chi connectivity index (χ3n) is 7.44. The van der Waals surface area contributed by atoms with Crippen molar-refractivity contribution in [2.75, 3.05) is 6.54 Å². The van der Waals surface area contributed by atoms with Gasteiger partial charge in [-0.15, -0.1) is 11.3 Å². The van der Waals surface area contributed by atoms with Crippen molar-refractivity contribution in [1.29, 1.82) is 0 Å². The van der Waals surface area contributed by atoms with Gasteiger partial charge >= 0.3 is 0 Å². The molecule has 0 bridgehead atoms. The van der Waals surface area contributed by atoms with E-state index in [0.29, 0.717) is 6.42 Å². The highest BCUT2D eigenvalue weighted by molar-refractivity contribution is 7.13. The lowest BCUT2D eigenvalue weighted by Gasteiger charge is -2.35. The molecule has 1 aliphatic rings. The van der Waals surface area contributed by atoms with Crippen LogP contribution in [0.3, 0.4) is 0 Å². The smallest absolute Gasteiger partial charge is 0.227 e. The summed E-state index contributed by atoms with van der Waals surface area (Å²) < 4.78 is 0. The van der Waals surface area contributed by atoms with E-state index in [-0.39, 0.29) is 48.7 Å². The third-order valence-corrected chi connectivity index (χ3v) is 8.50. The summed E-state index contributed by atoms with van der Waals surface area (Å²) in [4.78, 5) is 42.4. The average Bonchev–Trinajstić information content (AvgIpc) is 3.41. The SMILES string of the molecule is Cc1ccsc1-c1ccc([C@H](C)CC(=O)[C@@H]2C[C@@H](O)CN2C(=O)[C@@H](CC(=O)C(C)C)C(C)(C)C)cc1. The number of carbonyl (C=O) groups is 3. The number of nitrogens with zero attached hydrogens (tertiary/aromatic N) is 1. The van der Waals surface area contributed by atoms with Gasteiger partial charge in [0.25, 0.3) is 0 Å². The molecule has 1 saturated heterocycles. The van der Waals surface area contributed by atoms with E-state index in [9.17, 15) is 19.5 Å². The number of β-amino-alcohol motifs (C(OH)–C–C–N with tert-alkyl or cyclic N) is 1. The lowest BCUT2D eigenvalue weighted by atomic mass is 9.75.